The highest BCUT2D eigenvalue weighted by Crippen LogP contribution is 2.26. The highest BCUT2D eigenvalue weighted by molar-refractivity contribution is 5.67. The first-order valence-corrected chi connectivity index (χ1v) is 7.51. The van der Waals surface area contributed by atoms with E-state index >= 15 is 0 Å². The molecule has 0 saturated carbocycles. The summed E-state index contributed by atoms with van der Waals surface area (Å²) in [4.78, 5) is 8.87. The van der Waals surface area contributed by atoms with E-state index in [1.165, 1.54) is 0 Å². The van der Waals surface area contributed by atoms with Crippen molar-refractivity contribution >= 4 is 5.65 Å². The summed E-state index contributed by atoms with van der Waals surface area (Å²) in [6.07, 6.45) is 5.53. The molecule has 5 heteroatoms. The Balaban J connectivity index is 1.82. The van der Waals surface area contributed by atoms with Crippen LogP contribution in [0.5, 0.6) is 11.5 Å². The highest BCUT2D eigenvalue weighted by atomic mass is 16.5. The van der Waals surface area contributed by atoms with Crippen LogP contribution >= 0.6 is 0 Å². The van der Waals surface area contributed by atoms with Gasteiger partial charge in [0.05, 0.1) is 30.9 Å². The first-order valence-electron chi connectivity index (χ1n) is 7.51. The van der Waals surface area contributed by atoms with Gasteiger partial charge in [0.2, 0.25) is 0 Å². The minimum absolute atomic E-state index is 0.237. The van der Waals surface area contributed by atoms with E-state index in [2.05, 4.69) is 9.97 Å². The lowest BCUT2D eigenvalue weighted by atomic mass is 10.1. The van der Waals surface area contributed by atoms with Crippen LogP contribution in [0.1, 0.15) is 0 Å². The lowest BCUT2D eigenvalue weighted by molar-refractivity contribution is 0.415. The third-order valence-electron chi connectivity index (χ3n) is 3.94. The molecule has 4 aromatic rings. The monoisotopic (exact) mass is 317 g/mol. The van der Waals surface area contributed by atoms with Gasteiger partial charge in [0.15, 0.2) is 5.65 Å². The van der Waals surface area contributed by atoms with E-state index in [0.29, 0.717) is 0 Å². The van der Waals surface area contributed by atoms with Gasteiger partial charge in [-0.15, -0.1) is 0 Å². The summed E-state index contributed by atoms with van der Waals surface area (Å²) in [5.74, 6) is 1.06. The first kappa shape index (κ1) is 14.3. The van der Waals surface area contributed by atoms with Crippen LogP contribution in [0.3, 0.4) is 0 Å². The number of aromatic hydroxyl groups is 1. The number of nitrogens with zero attached hydrogens (tertiary/aromatic N) is 3. The molecule has 0 saturated heterocycles. The van der Waals surface area contributed by atoms with Crippen molar-refractivity contribution in [3.05, 3.63) is 67.1 Å². The van der Waals surface area contributed by atoms with Gasteiger partial charge in [-0.1, -0.05) is 0 Å². The average molecular weight is 317 g/mol. The van der Waals surface area contributed by atoms with Crippen LogP contribution in [-0.4, -0.2) is 26.6 Å². The van der Waals surface area contributed by atoms with Gasteiger partial charge in [0.1, 0.15) is 11.5 Å². The zero-order valence-corrected chi connectivity index (χ0v) is 13.0. The molecule has 5 nitrogen and oxygen atoms in total. The normalized spacial score (nSPS) is 10.9. The zero-order valence-electron chi connectivity index (χ0n) is 13.0. The number of hydrogen-bond donors (Lipinski definition) is 1. The van der Waals surface area contributed by atoms with Gasteiger partial charge in [0.25, 0.3) is 0 Å². The fourth-order valence-corrected chi connectivity index (χ4v) is 2.65. The maximum atomic E-state index is 9.43. The topological polar surface area (TPSA) is 59.7 Å². The number of ether oxygens (including phenoxy) is 1. The summed E-state index contributed by atoms with van der Waals surface area (Å²) in [6.45, 7) is 0. The van der Waals surface area contributed by atoms with Crippen molar-refractivity contribution < 1.29 is 9.84 Å². The number of phenols is 1. The lowest BCUT2D eigenvalue weighted by Crippen LogP contribution is -1.93. The third kappa shape index (κ3) is 2.46. The summed E-state index contributed by atoms with van der Waals surface area (Å²) in [5, 5.41) is 9.43. The van der Waals surface area contributed by atoms with Crippen LogP contribution < -0.4 is 4.74 Å². The minimum Gasteiger partial charge on any atom is -0.508 e. The van der Waals surface area contributed by atoms with Crippen molar-refractivity contribution in [1.29, 1.82) is 0 Å². The molecule has 0 amide bonds. The summed E-state index contributed by atoms with van der Waals surface area (Å²) in [5.41, 5.74) is 4.56. The second-order valence-electron chi connectivity index (χ2n) is 5.42. The second kappa shape index (κ2) is 5.70. The van der Waals surface area contributed by atoms with Crippen LogP contribution in [0.4, 0.5) is 0 Å². The molecule has 0 bridgehead atoms. The minimum atomic E-state index is 0.237. The number of methoxy groups -OCH3 is 1. The number of fused-ring (bicyclic) bond motifs is 1. The Morgan fingerprint density at radius 3 is 2.29 bits per heavy atom. The summed E-state index contributed by atoms with van der Waals surface area (Å²) in [6, 6.07) is 14.8. The summed E-state index contributed by atoms with van der Waals surface area (Å²) in [7, 11) is 1.65. The Labute approximate surface area is 138 Å². The maximum Gasteiger partial charge on any atom is 0.155 e. The van der Waals surface area contributed by atoms with Crippen LogP contribution in [-0.2, 0) is 0 Å². The van der Waals surface area contributed by atoms with E-state index in [4.69, 9.17) is 4.74 Å². The predicted molar refractivity (Wildman–Crippen MR) is 92.1 cm³/mol. The van der Waals surface area contributed by atoms with Gasteiger partial charge < -0.3 is 9.84 Å². The van der Waals surface area contributed by atoms with Gasteiger partial charge in [0, 0.05) is 17.3 Å². The van der Waals surface area contributed by atoms with E-state index in [1.54, 1.807) is 25.4 Å². The number of imidazole rings is 1. The highest BCUT2D eigenvalue weighted by Gasteiger charge is 2.09. The van der Waals surface area contributed by atoms with Crippen LogP contribution in [0.25, 0.3) is 28.2 Å². The molecule has 2 aromatic heterocycles. The fraction of sp³-hybridized carbons (Fsp3) is 0.0526. The van der Waals surface area contributed by atoms with Crippen molar-refractivity contribution in [2.45, 2.75) is 0 Å². The molecule has 1 N–H and O–H groups in total. The van der Waals surface area contributed by atoms with Crippen LogP contribution in [0.2, 0.25) is 0 Å². The van der Waals surface area contributed by atoms with E-state index < -0.39 is 0 Å². The predicted octanol–water partition coefficient (Wildman–Crippen LogP) is 3.78. The van der Waals surface area contributed by atoms with Crippen LogP contribution in [0.15, 0.2) is 67.1 Å². The SMILES string of the molecule is COc1ccc(-c2cnc3cnc(-c4ccc(O)cc4)cn23)cc1. The standard InChI is InChI=1S/C19H15N3O2/c1-24-16-8-4-14(5-9-16)18-10-21-19-11-20-17(12-22(18)19)13-2-6-15(23)7-3-13/h2-12,23H,1H3. The molecule has 2 heterocycles. The van der Waals surface area contributed by atoms with Gasteiger partial charge >= 0.3 is 0 Å². The second-order valence-corrected chi connectivity index (χ2v) is 5.42. The zero-order chi connectivity index (χ0) is 16.5. The molecule has 0 unspecified atom stereocenters. The molecule has 0 fully saturated rings. The largest absolute Gasteiger partial charge is 0.508 e. The molecule has 0 radical (unpaired) electrons. The molecular formula is C19H15N3O2. The Hall–Kier alpha value is -3.34. The molecule has 0 aliphatic rings. The first-order chi connectivity index (χ1) is 11.7. The fourth-order valence-electron chi connectivity index (χ4n) is 2.65. The quantitative estimate of drug-likeness (QED) is 0.625. The smallest absolute Gasteiger partial charge is 0.155 e. The third-order valence-corrected chi connectivity index (χ3v) is 3.94. The number of aromatic nitrogens is 3. The maximum absolute atomic E-state index is 9.43. The summed E-state index contributed by atoms with van der Waals surface area (Å²) < 4.78 is 7.22. The molecule has 118 valence electrons. The van der Waals surface area contributed by atoms with E-state index in [-0.39, 0.29) is 5.75 Å². The number of hydrogen-bond acceptors (Lipinski definition) is 4. The van der Waals surface area contributed by atoms with Crippen molar-refractivity contribution in [2.24, 2.45) is 0 Å². The number of phenolic OH excluding ortho intramolecular Hbond substituents is 1. The molecule has 4 rings (SSSR count). The Bertz CT molecular complexity index is 989. The van der Waals surface area contributed by atoms with E-state index in [1.807, 2.05) is 53.2 Å². The molecule has 2 aromatic carbocycles. The van der Waals surface area contributed by atoms with Crippen molar-refractivity contribution in [1.82, 2.24) is 14.4 Å². The average Bonchev–Trinajstić information content (AvgIpc) is 3.05. The van der Waals surface area contributed by atoms with Crippen molar-refractivity contribution in [3.63, 3.8) is 0 Å². The van der Waals surface area contributed by atoms with Gasteiger partial charge in [-0.3, -0.25) is 9.38 Å². The van der Waals surface area contributed by atoms with Gasteiger partial charge in [-0.2, -0.15) is 0 Å². The van der Waals surface area contributed by atoms with Crippen LogP contribution in [0, 0.1) is 0 Å². The Morgan fingerprint density at radius 2 is 1.58 bits per heavy atom. The van der Waals surface area contributed by atoms with E-state index in [9.17, 15) is 5.11 Å². The van der Waals surface area contributed by atoms with Crippen molar-refractivity contribution in [3.8, 4) is 34.0 Å². The lowest BCUT2D eigenvalue weighted by Gasteiger charge is -2.06. The van der Waals surface area contributed by atoms with E-state index in [0.717, 1.165) is 33.9 Å². The number of rotatable bonds is 3. The molecule has 0 spiro atoms. The molecule has 24 heavy (non-hydrogen) atoms. The number of benzene rings is 2. The Kier molecular flexibility index (Phi) is 3.39. The molecule has 0 aliphatic carbocycles. The van der Waals surface area contributed by atoms with Crippen molar-refractivity contribution in [2.75, 3.05) is 7.11 Å². The Morgan fingerprint density at radius 1 is 0.875 bits per heavy atom. The summed E-state index contributed by atoms with van der Waals surface area (Å²) >= 11 is 0. The molecular weight excluding hydrogens is 302 g/mol. The van der Waals surface area contributed by atoms with Gasteiger partial charge in [-0.05, 0) is 48.5 Å². The molecule has 0 atom stereocenters. The molecule has 0 aliphatic heterocycles. The van der Waals surface area contributed by atoms with Gasteiger partial charge in [-0.25, -0.2) is 4.98 Å².